The number of pyridine rings is 2. The number of hydrogen-bond acceptors (Lipinski definition) is 3. The Kier molecular flexibility index (Phi) is 5.57. The number of hydrogen-bond donors (Lipinski definition) is 0. The van der Waals surface area contributed by atoms with Crippen LogP contribution in [0, 0.1) is 0 Å². The Hall–Kier alpha value is -6.32. The molecule has 3 heteroatoms. The lowest BCUT2D eigenvalue weighted by atomic mass is 9.93. The molecule has 3 aromatic heterocycles. The van der Waals surface area contributed by atoms with Crippen molar-refractivity contribution in [3.05, 3.63) is 158 Å². The Balaban J connectivity index is 1.23. The van der Waals surface area contributed by atoms with Gasteiger partial charge in [0.1, 0.15) is 11.2 Å². The summed E-state index contributed by atoms with van der Waals surface area (Å²) in [6, 6.07) is 55.5. The lowest BCUT2D eigenvalue weighted by molar-refractivity contribution is 0.673. The molecule has 10 aromatic rings. The summed E-state index contributed by atoms with van der Waals surface area (Å²) in [5, 5.41) is 9.02. The van der Waals surface area contributed by atoms with Crippen molar-refractivity contribution in [2.75, 3.05) is 0 Å². The first-order valence-electron chi connectivity index (χ1n) is 15.9. The Morgan fingerprint density at radius 1 is 0.383 bits per heavy atom. The number of nitrogens with zero attached hydrogens (tertiary/aromatic N) is 2. The zero-order valence-electron chi connectivity index (χ0n) is 25.3. The molecule has 0 saturated heterocycles. The van der Waals surface area contributed by atoms with Crippen LogP contribution in [0.4, 0.5) is 0 Å². The fraction of sp³-hybridized carbons (Fsp3) is 0. The third kappa shape index (κ3) is 4.07. The zero-order valence-corrected chi connectivity index (χ0v) is 25.3. The van der Waals surface area contributed by atoms with Crippen molar-refractivity contribution in [1.29, 1.82) is 0 Å². The van der Waals surface area contributed by atoms with Crippen molar-refractivity contribution in [1.82, 2.24) is 9.97 Å². The summed E-state index contributed by atoms with van der Waals surface area (Å²) in [6.45, 7) is 0. The van der Waals surface area contributed by atoms with E-state index in [-0.39, 0.29) is 0 Å². The molecule has 0 unspecified atom stereocenters. The predicted molar refractivity (Wildman–Crippen MR) is 196 cm³/mol. The molecule has 218 valence electrons. The summed E-state index contributed by atoms with van der Waals surface area (Å²) in [7, 11) is 0. The van der Waals surface area contributed by atoms with E-state index in [9.17, 15) is 0 Å². The second kappa shape index (κ2) is 10.1. The van der Waals surface area contributed by atoms with E-state index in [2.05, 4.69) is 140 Å². The van der Waals surface area contributed by atoms with Crippen LogP contribution in [-0.2, 0) is 0 Å². The number of rotatable bonds is 3. The molecule has 0 bridgehead atoms. The smallest absolute Gasteiger partial charge is 0.143 e. The van der Waals surface area contributed by atoms with Gasteiger partial charge in [0.25, 0.3) is 0 Å². The van der Waals surface area contributed by atoms with Gasteiger partial charge in [-0.15, -0.1) is 0 Å². The van der Waals surface area contributed by atoms with Crippen molar-refractivity contribution in [3.8, 4) is 33.6 Å². The van der Waals surface area contributed by atoms with Gasteiger partial charge in [0, 0.05) is 38.1 Å². The van der Waals surface area contributed by atoms with Crippen LogP contribution in [0.5, 0.6) is 0 Å². The standard InChI is InChI=1S/C44H26N2O/c1-2-10-28(11-3-1)38-23-21-29-18-19-30-22-24-39(46-43(30)42(29)45-38)35-15-8-16-40-41(35)37-26-36(33-13-6-7-14-34(33)44(37)47-40)32-20-17-27-9-4-5-12-31(27)25-32/h1-26H. The van der Waals surface area contributed by atoms with Gasteiger partial charge in [-0.3, -0.25) is 0 Å². The van der Waals surface area contributed by atoms with Gasteiger partial charge < -0.3 is 4.42 Å². The molecule has 0 saturated carbocycles. The summed E-state index contributed by atoms with van der Waals surface area (Å²) in [6.07, 6.45) is 0. The molecule has 10 rings (SSSR count). The van der Waals surface area contributed by atoms with E-state index in [4.69, 9.17) is 14.4 Å². The van der Waals surface area contributed by atoms with Crippen molar-refractivity contribution in [3.63, 3.8) is 0 Å². The average Bonchev–Trinajstić information content (AvgIpc) is 3.53. The Morgan fingerprint density at radius 3 is 1.87 bits per heavy atom. The molecule has 0 aliphatic carbocycles. The second-order valence-electron chi connectivity index (χ2n) is 12.2. The van der Waals surface area contributed by atoms with Crippen molar-refractivity contribution < 1.29 is 4.42 Å². The molecule has 0 radical (unpaired) electrons. The molecule has 0 spiro atoms. The van der Waals surface area contributed by atoms with Gasteiger partial charge in [-0.2, -0.15) is 0 Å². The SMILES string of the molecule is c1ccc(-c2ccc3ccc4ccc(-c5cccc6oc7c8ccccc8c(-c8ccc9ccccc9c8)cc7c56)nc4c3n2)cc1. The number of benzene rings is 7. The Morgan fingerprint density at radius 2 is 1.04 bits per heavy atom. The molecular formula is C44H26N2O. The van der Waals surface area contributed by atoms with Gasteiger partial charge in [-0.05, 0) is 57.6 Å². The molecule has 47 heavy (non-hydrogen) atoms. The topological polar surface area (TPSA) is 38.9 Å². The lowest BCUT2D eigenvalue weighted by Gasteiger charge is -2.10. The van der Waals surface area contributed by atoms with E-state index in [0.29, 0.717) is 0 Å². The van der Waals surface area contributed by atoms with Crippen LogP contribution in [0.1, 0.15) is 0 Å². The first kappa shape index (κ1) is 26.0. The highest BCUT2D eigenvalue weighted by Gasteiger charge is 2.19. The van der Waals surface area contributed by atoms with Gasteiger partial charge in [-0.1, -0.05) is 127 Å². The molecule has 3 nitrogen and oxygen atoms in total. The summed E-state index contributed by atoms with van der Waals surface area (Å²) >= 11 is 0. The number of fused-ring (bicyclic) bond motifs is 9. The minimum absolute atomic E-state index is 0.850. The van der Waals surface area contributed by atoms with Crippen LogP contribution < -0.4 is 0 Å². The lowest BCUT2D eigenvalue weighted by Crippen LogP contribution is -1.91. The first-order valence-corrected chi connectivity index (χ1v) is 15.9. The highest BCUT2D eigenvalue weighted by Crippen LogP contribution is 2.43. The van der Waals surface area contributed by atoms with Crippen LogP contribution >= 0.6 is 0 Å². The van der Waals surface area contributed by atoms with Gasteiger partial charge in [0.2, 0.25) is 0 Å². The third-order valence-electron chi connectivity index (χ3n) is 9.43. The Bertz CT molecular complexity index is 2850. The van der Waals surface area contributed by atoms with Gasteiger partial charge >= 0.3 is 0 Å². The molecule has 0 fully saturated rings. The molecule has 0 aliphatic rings. The molecule has 3 heterocycles. The molecule has 0 atom stereocenters. The van der Waals surface area contributed by atoms with E-state index in [1.165, 1.54) is 27.3 Å². The normalized spacial score (nSPS) is 11.8. The van der Waals surface area contributed by atoms with Crippen LogP contribution in [-0.4, -0.2) is 9.97 Å². The van der Waals surface area contributed by atoms with Crippen molar-refractivity contribution >= 4 is 65.3 Å². The van der Waals surface area contributed by atoms with Crippen LogP contribution in [0.25, 0.3) is 98.9 Å². The van der Waals surface area contributed by atoms with Crippen molar-refractivity contribution in [2.45, 2.75) is 0 Å². The van der Waals surface area contributed by atoms with Crippen LogP contribution in [0.3, 0.4) is 0 Å². The molecule has 0 amide bonds. The van der Waals surface area contributed by atoms with Gasteiger partial charge in [-0.25, -0.2) is 9.97 Å². The summed E-state index contributed by atoms with van der Waals surface area (Å²) < 4.78 is 6.67. The summed E-state index contributed by atoms with van der Waals surface area (Å²) in [5.41, 5.74) is 9.88. The van der Waals surface area contributed by atoms with Crippen molar-refractivity contribution in [2.24, 2.45) is 0 Å². The summed E-state index contributed by atoms with van der Waals surface area (Å²) in [5.74, 6) is 0. The highest BCUT2D eigenvalue weighted by molar-refractivity contribution is 6.22. The molecule has 0 N–H and O–H groups in total. The number of furan rings is 1. The molecule has 0 aliphatic heterocycles. The van der Waals surface area contributed by atoms with E-state index in [0.717, 1.165) is 71.6 Å². The second-order valence-corrected chi connectivity index (χ2v) is 12.2. The van der Waals surface area contributed by atoms with E-state index < -0.39 is 0 Å². The maximum atomic E-state index is 6.67. The predicted octanol–water partition coefficient (Wildman–Crippen LogP) is 12.0. The fourth-order valence-electron chi connectivity index (χ4n) is 7.14. The molecular weight excluding hydrogens is 572 g/mol. The summed E-state index contributed by atoms with van der Waals surface area (Å²) in [4.78, 5) is 10.4. The monoisotopic (exact) mass is 598 g/mol. The fourth-order valence-corrected chi connectivity index (χ4v) is 7.14. The molecule has 7 aromatic carbocycles. The van der Waals surface area contributed by atoms with Crippen LogP contribution in [0.2, 0.25) is 0 Å². The average molecular weight is 599 g/mol. The van der Waals surface area contributed by atoms with E-state index in [1.807, 2.05) is 18.2 Å². The number of aromatic nitrogens is 2. The first-order chi connectivity index (χ1) is 23.3. The van der Waals surface area contributed by atoms with Crippen LogP contribution in [0.15, 0.2) is 162 Å². The Labute approximate surface area is 270 Å². The van der Waals surface area contributed by atoms with E-state index in [1.54, 1.807) is 0 Å². The minimum atomic E-state index is 0.850. The third-order valence-corrected chi connectivity index (χ3v) is 9.43. The van der Waals surface area contributed by atoms with E-state index >= 15 is 0 Å². The largest absolute Gasteiger partial charge is 0.455 e. The minimum Gasteiger partial charge on any atom is -0.455 e. The zero-order chi connectivity index (χ0) is 30.9. The highest BCUT2D eigenvalue weighted by atomic mass is 16.3. The maximum Gasteiger partial charge on any atom is 0.143 e. The van der Waals surface area contributed by atoms with Gasteiger partial charge in [0.05, 0.1) is 22.4 Å². The van der Waals surface area contributed by atoms with Gasteiger partial charge in [0.15, 0.2) is 0 Å². The maximum absolute atomic E-state index is 6.67. The quantitative estimate of drug-likeness (QED) is 0.190.